The molecule has 0 atom stereocenters. The summed E-state index contributed by atoms with van der Waals surface area (Å²) < 4.78 is 1.44. The van der Waals surface area contributed by atoms with Crippen LogP contribution in [0, 0.1) is 0 Å². The molecule has 0 unspecified atom stereocenters. The molecule has 2 rings (SSSR count). The van der Waals surface area contributed by atoms with E-state index in [0.717, 1.165) is 11.8 Å². The second-order valence-corrected chi connectivity index (χ2v) is 4.90. The number of carbonyl (C=O) groups is 2. The lowest BCUT2D eigenvalue weighted by Gasteiger charge is -2.06. The van der Waals surface area contributed by atoms with Crippen molar-refractivity contribution in [1.82, 2.24) is 20.2 Å². The molecule has 0 aliphatic rings. The first-order chi connectivity index (χ1) is 9.97. The van der Waals surface area contributed by atoms with Gasteiger partial charge < -0.3 is 15.5 Å². The summed E-state index contributed by atoms with van der Waals surface area (Å²) in [7, 11) is 1.66. The molecule has 0 saturated heterocycles. The zero-order valence-electron chi connectivity index (χ0n) is 10.8. The van der Waals surface area contributed by atoms with Gasteiger partial charge in [0.2, 0.25) is 11.1 Å². The number of nitrogens with one attached hydrogen (secondary N) is 1. The van der Waals surface area contributed by atoms with Crippen molar-refractivity contribution >= 4 is 29.3 Å². The van der Waals surface area contributed by atoms with Crippen LogP contribution in [0.3, 0.4) is 0 Å². The average Bonchev–Trinajstić information content (AvgIpc) is 2.81. The van der Waals surface area contributed by atoms with E-state index in [1.165, 1.54) is 22.9 Å². The second-order valence-electron chi connectivity index (χ2n) is 3.96. The summed E-state index contributed by atoms with van der Waals surface area (Å²) in [6.45, 7) is 0. The molecular formula is C11H11N5O4S. The van der Waals surface area contributed by atoms with Crippen molar-refractivity contribution in [1.29, 1.82) is 0 Å². The third kappa shape index (κ3) is 3.69. The van der Waals surface area contributed by atoms with Gasteiger partial charge in [0.1, 0.15) is 11.3 Å². The quantitative estimate of drug-likeness (QED) is 0.674. The molecule has 3 N–H and O–H groups in total. The molecule has 21 heavy (non-hydrogen) atoms. The van der Waals surface area contributed by atoms with Crippen LogP contribution in [0.2, 0.25) is 0 Å². The predicted octanol–water partition coefficient (Wildman–Crippen LogP) is 0.345. The number of aromatic nitrogens is 4. The van der Waals surface area contributed by atoms with E-state index in [9.17, 15) is 14.7 Å². The third-order valence-corrected chi connectivity index (χ3v) is 3.44. The van der Waals surface area contributed by atoms with Gasteiger partial charge in [-0.25, -0.2) is 9.48 Å². The number of aromatic carboxylic acids is 1. The summed E-state index contributed by atoms with van der Waals surface area (Å²) >= 11 is 1.15. The normalized spacial score (nSPS) is 10.3. The Morgan fingerprint density at radius 2 is 2.19 bits per heavy atom. The van der Waals surface area contributed by atoms with Crippen molar-refractivity contribution in [3.8, 4) is 5.75 Å². The number of carboxylic acids is 1. The molecule has 1 aromatic carbocycles. The molecule has 10 heteroatoms. The minimum atomic E-state index is -1.24. The van der Waals surface area contributed by atoms with Gasteiger partial charge in [-0.05, 0) is 22.6 Å². The summed E-state index contributed by atoms with van der Waals surface area (Å²) in [5, 5.41) is 32.1. The monoisotopic (exact) mass is 309 g/mol. The topological polar surface area (TPSA) is 130 Å². The molecule has 0 saturated carbocycles. The summed E-state index contributed by atoms with van der Waals surface area (Å²) in [6.07, 6.45) is 0. The lowest BCUT2D eigenvalue weighted by molar-refractivity contribution is -0.113. The largest absolute Gasteiger partial charge is 0.507 e. The van der Waals surface area contributed by atoms with Gasteiger partial charge in [0.25, 0.3) is 0 Å². The summed E-state index contributed by atoms with van der Waals surface area (Å²) in [5.41, 5.74) is 0.0757. The van der Waals surface area contributed by atoms with Crippen LogP contribution in [0.25, 0.3) is 0 Å². The van der Waals surface area contributed by atoms with Crippen LogP contribution in [0.1, 0.15) is 10.4 Å². The minimum absolute atomic E-state index is 0.0790. The molecule has 0 aliphatic carbocycles. The SMILES string of the molecule is Cn1nnnc1SCC(=O)Nc1ccc(C(=O)O)c(O)c1. The number of aromatic hydroxyl groups is 1. The van der Waals surface area contributed by atoms with Gasteiger partial charge in [-0.3, -0.25) is 4.79 Å². The van der Waals surface area contributed by atoms with Gasteiger partial charge in [0.15, 0.2) is 0 Å². The fourth-order valence-corrected chi connectivity index (χ4v) is 2.11. The number of nitrogens with zero attached hydrogens (tertiary/aromatic N) is 4. The Hall–Kier alpha value is -2.62. The van der Waals surface area contributed by atoms with Crippen LogP contribution in [0.15, 0.2) is 23.4 Å². The summed E-state index contributed by atoms with van der Waals surface area (Å²) in [5.74, 6) is -1.90. The molecular weight excluding hydrogens is 298 g/mol. The molecule has 0 bridgehead atoms. The van der Waals surface area contributed by atoms with Crippen LogP contribution < -0.4 is 5.32 Å². The molecule has 0 aliphatic heterocycles. The molecule has 0 spiro atoms. The highest BCUT2D eigenvalue weighted by Gasteiger charge is 2.12. The Morgan fingerprint density at radius 1 is 1.43 bits per heavy atom. The number of rotatable bonds is 5. The average molecular weight is 309 g/mol. The van der Waals surface area contributed by atoms with Crippen LogP contribution in [-0.2, 0) is 11.8 Å². The van der Waals surface area contributed by atoms with E-state index < -0.39 is 11.7 Å². The van der Waals surface area contributed by atoms with E-state index >= 15 is 0 Å². The number of benzene rings is 1. The van der Waals surface area contributed by atoms with Crippen molar-refractivity contribution in [2.45, 2.75) is 5.16 Å². The van der Waals surface area contributed by atoms with Crippen molar-refractivity contribution in [2.24, 2.45) is 7.05 Å². The maximum absolute atomic E-state index is 11.7. The van der Waals surface area contributed by atoms with E-state index in [2.05, 4.69) is 20.8 Å². The van der Waals surface area contributed by atoms with Crippen molar-refractivity contribution < 1.29 is 19.8 Å². The molecule has 1 amide bonds. The zero-order chi connectivity index (χ0) is 15.4. The van der Waals surface area contributed by atoms with Crippen LogP contribution in [0.5, 0.6) is 5.75 Å². The van der Waals surface area contributed by atoms with E-state index in [1.807, 2.05) is 0 Å². The van der Waals surface area contributed by atoms with Crippen LogP contribution in [0.4, 0.5) is 5.69 Å². The van der Waals surface area contributed by atoms with Gasteiger partial charge in [-0.15, -0.1) is 5.10 Å². The Morgan fingerprint density at radius 3 is 2.76 bits per heavy atom. The number of phenols is 1. The number of tetrazole rings is 1. The zero-order valence-corrected chi connectivity index (χ0v) is 11.7. The van der Waals surface area contributed by atoms with Gasteiger partial charge in [-0.1, -0.05) is 11.8 Å². The van der Waals surface area contributed by atoms with E-state index in [4.69, 9.17) is 5.11 Å². The number of hydrogen-bond donors (Lipinski definition) is 3. The first-order valence-corrected chi connectivity index (χ1v) is 6.67. The Kier molecular flexibility index (Phi) is 4.38. The Bertz CT molecular complexity index is 687. The second kappa shape index (κ2) is 6.22. The lowest BCUT2D eigenvalue weighted by Crippen LogP contribution is -2.14. The number of carboxylic acid groups (broad SMARTS) is 1. The first-order valence-electron chi connectivity index (χ1n) is 5.68. The molecule has 2 aromatic rings. The number of anilines is 1. The van der Waals surface area contributed by atoms with E-state index in [1.54, 1.807) is 7.05 Å². The summed E-state index contributed by atoms with van der Waals surface area (Å²) in [6, 6.07) is 3.79. The standard InChI is InChI=1S/C11H11N5O4S/c1-16-11(13-14-15-16)21-5-9(18)12-6-2-3-7(10(19)20)8(17)4-6/h2-4,17H,5H2,1H3,(H,12,18)(H,19,20). The molecule has 0 fully saturated rings. The van der Waals surface area contributed by atoms with Gasteiger partial charge in [0, 0.05) is 18.8 Å². The molecule has 110 valence electrons. The van der Waals surface area contributed by atoms with Crippen molar-refractivity contribution in [3.63, 3.8) is 0 Å². The fraction of sp³-hybridized carbons (Fsp3) is 0.182. The van der Waals surface area contributed by atoms with Crippen molar-refractivity contribution in [2.75, 3.05) is 11.1 Å². The molecule has 0 radical (unpaired) electrons. The Labute approximate surface area is 123 Å². The lowest BCUT2D eigenvalue weighted by atomic mass is 10.2. The van der Waals surface area contributed by atoms with Gasteiger partial charge in [-0.2, -0.15) is 0 Å². The number of carbonyl (C=O) groups excluding carboxylic acids is 1. The van der Waals surface area contributed by atoms with Gasteiger partial charge >= 0.3 is 5.97 Å². The highest BCUT2D eigenvalue weighted by Crippen LogP contribution is 2.22. The number of aryl methyl sites for hydroxylation is 1. The number of hydrogen-bond acceptors (Lipinski definition) is 7. The van der Waals surface area contributed by atoms with Crippen molar-refractivity contribution in [3.05, 3.63) is 23.8 Å². The van der Waals surface area contributed by atoms with E-state index in [-0.39, 0.29) is 17.2 Å². The minimum Gasteiger partial charge on any atom is -0.507 e. The third-order valence-electron chi connectivity index (χ3n) is 2.43. The van der Waals surface area contributed by atoms with E-state index in [0.29, 0.717) is 10.8 Å². The number of thioether (sulfide) groups is 1. The molecule has 9 nitrogen and oxygen atoms in total. The fourth-order valence-electron chi connectivity index (χ4n) is 1.46. The maximum Gasteiger partial charge on any atom is 0.339 e. The van der Waals surface area contributed by atoms with Gasteiger partial charge in [0.05, 0.1) is 5.75 Å². The first kappa shape index (κ1) is 14.8. The molecule has 1 heterocycles. The smallest absolute Gasteiger partial charge is 0.339 e. The van der Waals surface area contributed by atoms with Crippen LogP contribution >= 0.6 is 11.8 Å². The van der Waals surface area contributed by atoms with Crippen LogP contribution in [-0.4, -0.2) is 48.0 Å². The Balaban J connectivity index is 1.95. The summed E-state index contributed by atoms with van der Waals surface area (Å²) in [4.78, 5) is 22.5. The maximum atomic E-state index is 11.7. The highest BCUT2D eigenvalue weighted by molar-refractivity contribution is 7.99. The highest BCUT2D eigenvalue weighted by atomic mass is 32.2. The number of amides is 1. The predicted molar refractivity (Wildman–Crippen MR) is 73.2 cm³/mol. The molecule has 1 aromatic heterocycles.